The molecule has 0 aliphatic carbocycles. The van der Waals surface area contributed by atoms with Gasteiger partial charge in [-0.05, 0) is 58.5 Å². The standard InChI is InChI=1S/C14H11IO4/c15-12-6-3-10(14(17)18)7-13(12)19-8-9-1-4-11(16)5-2-9/h1-7,16H,8H2,(H,17,18). The van der Waals surface area contributed by atoms with Gasteiger partial charge in [0.15, 0.2) is 0 Å². The molecule has 0 aliphatic rings. The van der Waals surface area contributed by atoms with Crippen LogP contribution in [0.5, 0.6) is 11.5 Å². The lowest BCUT2D eigenvalue weighted by Crippen LogP contribution is -2.00. The van der Waals surface area contributed by atoms with Crippen LogP contribution in [0.1, 0.15) is 15.9 Å². The molecule has 98 valence electrons. The van der Waals surface area contributed by atoms with E-state index in [9.17, 15) is 9.90 Å². The van der Waals surface area contributed by atoms with Gasteiger partial charge in [0.2, 0.25) is 0 Å². The molecule has 0 fully saturated rings. The lowest BCUT2D eigenvalue weighted by molar-refractivity contribution is 0.0696. The molecule has 0 saturated heterocycles. The zero-order valence-corrected chi connectivity index (χ0v) is 12.0. The number of ether oxygens (including phenoxy) is 1. The van der Waals surface area contributed by atoms with Gasteiger partial charge in [0.25, 0.3) is 0 Å². The highest BCUT2D eigenvalue weighted by Crippen LogP contribution is 2.23. The number of rotatable bonds is 4. The molecule has 5 heteroatoms. The van der Waals surface area contributed by atoms with Gasteiger partial charge in [0.05, 0.1) is 9.13 Å². The Balaban J connectivity index is 2.12. The van der Waals surface area contributed by atoms with Crippen LogP contribution >= 0.6 is 22.6 Å². The fourth-order valence-electron chi connectivity index (χ4n) is 1.50. The molecule has 4 nitrogen and oxygen atoms in total. The van der Waals surface area contributed by atoms with Gasteiger partial charge in [-0.15, -0.1) is 0 Å². The summed E-state index contributed by atoms with van der Waals surface area (Å²) in [5, 5.41) is 18.1. The van der Waals surface area contributed by atoms with Gasteiger partial charge in [0.1, 0.15) is 18.1 Å². The topological polar surface area (TPSA) is 66.8 Å². The first-order valence-corrected chi connectivity index (χ1v) is 6.57. The summed E-state index contributed by atoms with van der Waals surface area (Å²) in [6.07, 6.45) is 0. The zero-order chi connectivity index (χ0) is 13.8. The summed E-state index contributed by atoms with van der Waals surface area (Å²) in [4.78, 5) is 10.9. The van der Waals surface area contributed by atoms with Crippen molar-refractivity contribution in [3.05, 3.63) is 57.2 Å². The summed E-state index contributed by atoms with van der Waals surface area (Å²) in [5.74, 6) is -0.245. The number of hydrogen-bond acceptors (Lipinski definition) is 3. The summed E-state index contributed by atoms with van der Waals surface area (Å²) in [7, 11) is 0. The van der Waals surface area contributed by atoms with Gasteiger partial charge in [-0.1, -0.05) is 12.1 Å². The van der Waals surface area contributed by atoms with Gasteiger partial charge in [-0.3, -0.25) is 0 Å². The second-order valence-electron chi connectivity index (χ2n) is 3.91. The van der Waals surface area contributed by atoms with E-state index in [1.165, 1.54) is 12.1 Å². The molecule has 2 rings (SSSR count). The van der Waals surface area contributed by atoms with Crippen molar-refractivity contribution in [1.82, 2.24) is 0 Å². The van der Waals surface area contributed by atoms with Crippen LogP contribution < -0.4 is 4.74 Å². The minimum atomic E-state index is -0.981. The molecule has 0 atom stereocenters. The Labute approximate surface area is 123 Å². The Morgan fingerprint density at radius 3 is 2.47 bits per heavy atom. The second kappa shape index (κ2) is 5.92. The maximum atomic E-state index is 10.9. The zero-order valence-electron chi connectivity index (χ0n) is 9.84. The van der Waals surface area contributed by atoms with E-state index in [1.807, 2.05) is 0 Å². The number of benzene rings is 2. The molecule has 0 heterocycles. The number of phenolic OH excluding ortho intramolecular Hbond substituents is 1. The third-order valence-electron chi connectivity index (χ3n) is 2.51. The summed E-state index contributed by atoms with van der Waals surface area (Å²) < 4.78 is 6.45. The maximum absolute atomic E-state index is 10.9. The monoisotopic (exact) mass is 370 g/mol. The molecule has 0 bridgehead atoms. The third kappa shape index (κ3) is 3.60. The Kier molecular flexibility index (Phi) is 4.26. The molecular weight excluding hydrogens is 359 g/mol. The molecule has 0 saturated carbocycles. The second-order valence-corrected chi connectivity index (χ2v) is 5.07. The smallest absolute Gasteiger partial charge is 0.335 e. The van der Waals surface area contributed by atoms with Crippen molar-refractivity contribution in [1.29, 1.82) is 0 Å². The number of carboxylic acid groups (broad SMARTS) is 1. The minimum absolute atomic E-state index is 0.195. The average molecular weight is 370 g/mol. The summed E-state index contributed by atoms with van der Waals surface area (Å²) in [6.45, 7) is 0.319. The van der Waals surface area contributed by atoms with E-state index in [4.69, 9.17) is 9.84 Å². The van der Waals surface area contributed by atoms with Crippen LogP contribution in [0.4, 0.5) is 0 Å². The van der Waals surface area contributed by atoms with Crippen molar-refractivity contribution in [2.45, 2.75) is 6.61 Å². The summed E-state index contributed by atoms with van der Waals surface area (Å²) in [6, 6.07) is 11.4. The molecule has 2 aromatic carbocycles. The van der Waals surface area contributed by atoms with E-state index in [0.29, 0.717) is 12.4 Å². The molecule has 0 aliphatic heterocycles. The van der Waals surface area contributed by atoms with Gasteiger partial charge < -0.3 is 14.9 Å². The molecule has 0 aromatic heterocycles. The number of aromatic hydroxyl groups is 1. The van der Waals surface area contributed by atoms with Crippen LogP contribution in [-0.4, -0.2) is 16.2 Å². The molecule has 0 spiro atoms. The molecule has 0 unspecified atom stereocenters. The van der Waals surface area contributed by atoms with E-state index in [-0.39, 0.29) is 11.3 Å². The quantitative estimate of drug-likeness (QED) is 0.811. The molecule has 0 amide bonds. The van der Waals surface area contributed by atoms with Crippen LogP contribution in [0, 0.1) is 3.57 Å². The van der Waals surface area contributed by atoms with Crippen molar-refractivity contribution >= 4 is 28.6 Å². The highest BCUT2D eigenvalue weighted by atomic mass is 127. The fraction of sp³-hybridized carbons (Fsp3) is 0.0714. The highest BCUT2D eigenvalue weighted by molar-refractivity contribution is 14.1. The van der Waals surface area contributed by atoms with E-state index in [1.54, 1.807) is 30.3 Å². The van der Waals surface area contributed by atoms with E-state index in [0.717, 1.165) is 9.13 Å². The van der Waals surface area contributed by atoms with Crippen molar-refractivity contribution in [2.75, 3.05) is 0 Å². The number of aromatic carboxylic acids is 1. The Hall–Kier alpha value is -1.76. The van der Waals surface area contributed by atoms with E-state index in [2.05, 4.69) is 22.6 Å². The Bertz CT molecular complexity index is 593. The van der Waals surface area contributed by atoms with Crippen LogP contribution in [-0.2, 0) is 6.61 Å². The number of hydrogen-bond donors (Lipinski definition) is 2. The van der Waals surface area contributed by atoms with Crippen molar-refractivity contribution in [3.8, 4) is 11.5 Å². The SMILES string of the molecule is O=C(O)c1ccc(I)c(OCc2ccc(O)cc2)c1. The fourth-order valence-corrected chi connectivity index (χ4v) is 1.99. The number of halogens is 1. The maximum Gasteiger partial charge on any atom is 0.335 e. The summed E-state index contributed by atoms with van der Waals surface area (Å²) >= 11 is 2.09. The molecule has 2 aromatic rings. The van der Waals surface area contributed by atoms with Crippen molar-refractivity contribution in [3.63, 3.8) is 0 Å². The van der Waals surface area contributed by atoms with Gasteiger partial charge in [-0.2, -0.15) is 0 Å². The third-order valence-corrected chi connectivity index (χ3v) is 3.40. The highest BCUT2D eigenvalue weighted by Gasteiger charge is 2.08. The first-order chi connectivity index (χ1) is 9.06. The van der Waals surface area contributed by atoms with Crippen LogP contribution in [0.3, 0.4) is 0 Å². The van der Waals surface area contributed by atoms with E-state index >= 15 is 0 Å². The lowest BCUT2D eigenvalue weighted by Gasteiger charge is -2.09. The number of carbonyl (C=O) groups is 1. The molecule has 0 radical (unpaired) electrons. The van der Waals surface area contributed by atoms with Gasteiger partial charge >= 0.3 is 5.97 Å². The van der Waals surface area contributed by atoms with Crippen LogP contribution in [0.25, 0.3) is 0 Å². The van der Waals surface area contributed by atoms with Crippen LogP contribution in [0.2, 0.25) is 0 Å². The minimum Gasteiger partial charge on any atom is -0.508 e. The summed E-state index contributed by atoms with van der Waals surface area (Å²) in [5.41, 5.74) is 1.09. The van der Waals surface area contributed by atoms with Gasteiger partial charge in [-0.25, -0.2) is 4.79 Å². The number of carboxylic acids is 1. The normalized spacial score (nSPS) is 10.2. The first kappa shape index (κ1) is 13.7. The molecule has 2 N–H and O–H groups in total. The lowest BCUT2D eigenvalue weighted by atomic mass is 10.2. The molecule has 19 heavy (non-hydrogen) atoms. The Morgan fingerprint density at radius 2 is 1.84 bits per heavy atom. The van der Waals surface area contributed by atoms with Crippen molar-refractivity contribution in [2.24, 2.45) is 0 Å². The predicted molar refractivity (Wildman–Crippen MR) is 78.6 cm³/mol. The number of phenols is 1. The van der Waals surface area contributed by atoms with Gasteiger partial charge in [0, 0.05) is 0 Å². The Morgan fingerprint density at radius 1 is 1.16 bits per heavy atom. The average Bonchev–Trinajstić information content (AvgIpc) is 2.39. The van der Waals surface area contributed by atoms with E-state index < -0.39 is 5.97 Å². The predicted octanol–water partition coefficient (Wildman–Crippen LogP) is 3.27. The van der Waals surface area contributed by atoms with Crippen molar-refractivity contribution < 1.29 is 19.7 Å². The van der Waals surface area contributed by atoms with Crippen LogP contribution in [0.15, 0.2) is 42.5 Å². The molecular formula is C14H11IO4. The first-order valence-electron chi connectivity index (χ1n) is 5.50. The largest absolute Gasteiger partial charge is 0.508 e.